The first kappa shape index (κ1) is 35.6. The van der Waals surface area contributed by atoms with Crippen molar-refractivity contribution < 1.29 is 33.3 Å². The Kier molecular flexibility index (Phi) is 13.0. The minimum Gasteiger partial charge on any atom is -0.462 e. The summed E-state index contributed by atoms with van der Waals surface area (Å²) in [5.41, 5.74) is 0. The molecule has 0 aliphatic carbocycles. The number of esters is 2. The second-order valence-electron chi connectivity index (χ2n) is 14.9. The highest BCUT2D eigenvalue weighted by Gasteiger charge is 2.46. The highest BCUT2D eigenvalue weighted by atomic mass is 16.6. The van der Waals surface area contributed by atoms with E-state index in [9.17, 15) is 9.59 Å². The van der Waals surface area contributed by atoms with Gasteiger partial charge in [0.2, 0.25) is 0 Å². The zero-order valence-corrected chi connectivity index (χ0v) is 29.2. The molecule has 8 heteroatoms. The van der Waals surface area contributed by atoms with Gasteiger partial charge in [0, 0.05) is 23.8 Å². The molecule has 44 heavy (non-hydrogen) atoms. The molecular weight excluding hydrogens is 558 g/mol. The summed E-state index contributed by atoms with van der Waals surface area (Å²) in [6, 6.07) is 0.506. The third-order valence-corrected chi connectivity index (χ3v) is 11.5. The molecule has 0 aromatic heterocycles. The van der Waals surface area contributed by atoms with Gasteiger partial charge in [-0.3, -0.25) is 9.59 Å². The van der Waals surface area contributed by atoms with Crippen molar-refractivity contribution in [1.29, 1.82) is 0 Å². The standard InChI is InChI=1S/C36H63NO7/c1-10-12-26(37(8)9)20-27-14-15-30(40-27)22(4)34-23(5)31-17-19-32(42-31)24(6)35(38)43-28(13-11-2)21(3)29-16-18-33(41-29)25(7)36(39)44-34/h21-34H,10-20H2,1-9H3. The highest BCUT2D eigenvalue weighted by molar-refractivity contribution is 5.73. The fourth-order valence-corrected chi connectivity index (χ4v) is 8.28. The zero-order chi connectivity index (χ0) is 32.1. The third-order valence-electron chi connectivity index (χ3n) is 11.5. The van der Waals surface area contributed by atoms with E-state index in [4.69, 9.17) is 23.7 Å². The van der Waals surface area contributed by atoms with Crippen LogP contribution in [0.15, 0.2) is 0 Å². The van der Waals surface area contributed by atoms with E-state index in [2.05, 4.69) is 53.6 Å². The lowest BCUT2D eigenvalue weighted by Gasteiger charge is -2.37. The van der Waals surface area contributed by atoms with Gasteiger partial charge in [-0.25, -0.2) is 0 Å². The molecule has 4 heterocycles. The summed E-state index contributed by atoms with van der Waals surface area (Å²) in [4.78, 5) is 29.5. The van der Waals surface area contributed by atoms with Crippen LogP contribution in [0.5, 0.6) is 0 Å². The smallest absolute Gasteiger partial charge is 0.311 e. The van der Waals surface area contributed by atoms with Crippen LogP contribution in [-0.2, 0) is 33.3 Å². The molecule has 4 aliphatic rings. The number of nitrogens with zero attached hydrogens (tertiary/aromatic N) is 1. The zero-order valence-electron chi connectivity index (χ0n) is 29.2. The first-order chi connectivity index (χ1) is 20.9. The second-order valence-corrected chi connectivity index (χ2v) is 14.9. The minimum atomic E-state index is -0.376. The Morgan fingerprint density at radius 2 is 1.30 bits per heavy atom. The molecular formula is C36H63NO7. The topological polar surface area (TPSA) is 83.5 Å². The van der Waals surface area contributed by atoms with Crippen LogP contribution >= 0.6 is 0 Å². The van der Waals surface area contributed by atoms with Gasteiger partial charge in [-0.05, 0) is 85.7 Å². The molecule has 4 aliphatic heterocycles. The molecule has 0 amide bonds. The molecule has 4 fully saturated rings. The van der Waals surface area contributed by atoms with E-state index in [1.54, 1.807) is 0 Å². The predicted octanol–water partition coefficient (Wildman–Crippen LogP) is 6.57. The molecule has 14 unspecified atom stereocenters. The summed E-state index contributed by atoms with van der Waals surface area (Å²) in [5.74, 6) is -1.06. The number of hydrogen-bond acceptors (Lipinski definition) is 8. The van der Waals surface area contributed by atoms with Crippen molar-refractivity contribution in [2.24, 2.45) is 29.6 Å². The maximum absolute atomic E-state index is 13.8. The first-order valence-electron chi connectivity index (χ1n) is 18.0. The van der Waals surface area contributed by atoms with Crippen LogP contribution in [0.3, 0.4) is 0 Å². The number of rotatable bonds is 9. The van der Waals surface area contributed by atoms with Gasteiger partial charge >= 0.3 is 11.9 Å². The summed E-state index contributed by atoms with van der Waals surface area (Å²) < 4.78 is 32.5. The van der Waals surface area contributed by atoms with Crippen molar-refractivity contribution >= 4 is 11.9 Å². The number of ether oxygens (including phenoxy) is 5. The maximum Gasteiger partial charge on any atom is 0.311 e. The Labute approximate surface area is 267 Å². The minimum absolute atomic E-state index is 0.0196. The van der Waals surface area contributed by atoms with Gasteiger partial charge in [0.25, 0.3) is 0 Å². The van der Waals surface area contributed by atoms with Crippen LogP contribution in [0.1, 0.15) is 119 Å². The van der Waals surface area contributed by atoms with Gasteiger partial charge in [0.15, 0.2) is 0 Å². The quantitative estimate of drug-likeness (QED) is 0.268. The van der Waals surface area contributed by atoms with Gasteiger partial charge in [-0.15, -0.1) is 0 Å². The average molecular weight is 622 g/mol. The lowest BCUT2D eigenvalue weighted by Crippen LogP contribution is -2.45. The Morgan fingerprint density at radius 1 is 0.727 bits per heavy atom. The average Bonchev–Trinajstić information content (AvgIpc) is 3.78. The maximum atomic E-state index is 13.8. The molecule has 4 rings (SSSR count). The number of cyclic esters (lactones) is 2. The Morgan fingerprint density at radius 3 is 1.86 bits per heavy atom. The molecule has 0 aromatic rings. The lowest BCUT2D eigenvalue weighted by atomic mass is 9.84. The Bertz CT molecular complexity index is 928. The molecule has 4 saturated heterocycles. The summed E-state index contributed by atoms with van der Waals surface area (Å²) in [6.07, 6.45) is 9.49. The number of fused-ring (bicyclic) bond motifs is 4. The van der Waals surface area contributed by atoms with E-state index in [1.807, 2.05) is 13.8 Å². The van der Waals surface area contributed by atoms with E-state index < -0.39 is 0 Å². The van der Waals surface area contributed by atoms with Gasteiger partial charge in [-0.1, -0.05) is 47.5 Å². The van der Waals surface area contributed by atoms with Crippen molar-refractivity contribution in [3.05, 3.63) is 0 Å². The van der Waals surface area contributed by atoms with E-state index in [0.717, 1.165) is 70.6 Å². The normalized spacial score (nSPS) is 41.9. The fourth-order valence-electron chi connectivity index (χ4n) is 8.28. The highest BCUT2D eigenvalue weighted by Crippen LogP contribution is 2.40. The van der Waals surface area contributed by atoms with E-state index in [0.29, 0.717) is 6.04 Å². The molecule has 4 bridgehead atoms. The van der Waals surface area contributed by atoms with Crippen molar-refractivity contribution in [2.75, 3.05) is 14.1 Å². The Balaban J connectivity index is 1.53. The fraction of sp³-hybridized carbons (Fsp3) is 0.944. The van der Waals surface area contributed by atoms with Gasteiger partial charge in [0.1, 0.15) is 12.2 Å². The molecule has 0 saturated carbocycles. The van der Waals surface area contributed by atoms with Crippen LogP contribution < -0.4 is 0 Å². The Hall–Kier alpha value is -1.22. The van der Waals surface area contributed by atoms with Crippen molar-refractivity contribution in [3.63, 3.8) is 0 Å². The molecule has 0 radical (unpaired) electrons. The van der Waals surface area contributed by atoms with Crippen LogP contribution in [0.25, 0.3) is 0 Å². The van der Waals surface area contributed by atoms with E-state index in [-0.39, 0.29) is 90.4 Å². The summed E-state index contributed by atoms with van der Waals surface area (Å²) in [6.45, 7) is 14.7. The molecule has 8 nitrogen and oxygen atoms in total. The molecule has 0 spiro atoms. The summed E-state index contributed by atoms with van der Waals surface area (Å²) >= 11 is 0. The van der Waals surface area contributed by atoms with Crippen LogP contribution in [-0.4, -0.2) is 85.8 Å². The van der Waals surface area contributed by atoms with E-state index >= 15 is 0 Å². The van der Waals surface area contributed by atoms with Crippen molar-refractivity contribution in [1.82, 2.24) is 4.90 Å². The molecule has 0 N–H and O–H groups in total. The van der Waals surface area contributed by atoms with E-state index in [1.165, 1.54) is 0 Å². The van der Waals surface area contributed by atoms with Crippen LogP contribution in [0.4, 0.5) is 0 Å². The summed E-state index contributed by atoms with van der Waals surface area (Å²) in [7, 11) is 4.32. The molecule has 14 atom stereocenters. The molecule has 0 aromatic carbocycles. The second kappa shape index (κ2) is 16.1. The van der Waals surface area contributed by atoms with Gasteiger partial charge < -0.3 is 28.6 Å². The van der Waals surface area contributed by atoms with Gasteiger partial charge in [0.05, 0.1) is 48.5 Å². The van der Waals surface area contributed by atoms with Crippen molar-refractivity contribution in [3.8, 4) is 0 Å². The van der Waals surface area contributed by atoms with Crippen LogP contribution in [0, 0.1) is 29.6 Å². The summed E-state index contributed by atoms with van der Waals surface area (Å²) in [5, 5.41) is 0. The third kappa shape index (κ3) is 8.38. The predicted molar refractivity (Wildman–Crippen MR) is 171 cm³/mol. The molecule has 254 valence electrons. The lowest BCUT2D eigenvalue weighted by molar-refractivity contribution is -0.177. The van der Waals surface area contributed by atoms with Crippen LogP contribution in [0.2, 0.25) is 0 Å². The first-order valence-corrected chi connectivity index (χ1v) is 18.0. The van der Waals surface area contributed by atoms with Gasteiger partial charge in [-0.2, -0.15) is 0 Å². The largest absolute Gasteiger partial charge is 0.462 e. The SMILES string of the molecule is CCCC1OC(=O)C(C)C2CCC(O2)C(C)C(C(C)C2CCC(CC(CCC)N(C)C)O2)OC(=O)C(C)C2CCC(O2)C1C. The monoisotopic (exact) mass is 621 g/mol. The van der Waals surface area contributed by atoms with Crippen molar-refractivity contribution in [2.45, 2.75) is 174 Å². The number of hydrogen-bond donors (Lipinski definition) is 0. The number of carbonyl (C=O) groups is 2. The number of carbonyl (C=O) groups excluding carboxylic acids is 2.